The molecule has 0 aliphatic carbocycles. The van der Waals surface area contributed by atoms with Crippen molar-refractivity contribution in [1.82, 2.24) is 14.7 Å². The summed E-state index contributed by atoms with van der Waals surface area (Å²) < 4.78 is 32.5. The van der Waals surface area contributed by atoms with Gasteiger partial charge in [0.25, 0.3) is 0 Å². The third-order valence-corrected chi connectivity index (χ3v) is 7.16. The first-order chi connectivity index (χ1) is 15.0. The zero-order valence-electron chi connectivity index (χ0n) is 16.8. The number of carbonyl (C=O) groups is 1. The number of nitrogens with one attached hydrogen (secondary N) is 2. The van der Waals surface area contributed by atoms with Crippen LogP contribution in [-0.4, -0.2) is 37.8 Å². The van der Waals surface area contributed by atoms with Gasteiger partial charge in [-0.15, -0.1) is 11.3 Å². The van der Waals surface area contributed by atoms with Crippen molar-refractivity contribution in [3.8, 4) is 16.5 Å². The van der Waals surface area contributed by atoms with Crippen molar-refractivity contribution in [2.75, 3.05) is 13.7 Å². The largest absolute Gasteiger partial charge is 0.494 e. The van der Waals surface area contributed by atoms with Crippen molar-refractivity contribution >= 4 is 38.2 Å². The van der Waals surface area contributed by atoms with Gasteiger partial charge < -0.3 is 9.72 Å². The summed E-state index contributed by atoms with van der Waals surface area (Å²) in [6, 6.07) is 15.5. The zero-order chi connectivity index (χ0) is 21.8. The molecule has 0 aliphatic rings. The van der Waals surface area contributed by atoms with Crippen LogP contribution in [0.2, 0.25) is 0 Å². The Balaban J connectivity index is 1.48. The lowest BCUT2D eigenvalue weighted by molar-refractivity contribution is 0.0982. The van der Waals surface area contributed by atoms with Crippen LogP contribution in [0.4, 0.5) is 0 Å². The molecule has 0 radical (unpaired) electrons. The van der Waals surface area contributed by atoms with Crippen molar-refractivity contribution in [2.45, 2.75) is 17.7 Å². The molecule has 2 heterocycles. The molecule has 0 aliphatic heterocycles. The fourth-order valence-electron chi connectivity index (χ4n) is 3.27. The number of methoxy groups -OCH3 is 1. The number of ketones is 1. The molecule has 0 atom stereocenters. The summed E-state index contributed by atoms with van der Waals surface area (Å²) in [5.74, 6) is 1.19. The number of fused-ring (bicyclic) bond motifs is 1. The summed E-state index contributed by atoms with van der Waals surface area (Å²) in [5, 5.41) is 1.96. The Hall–Kier alpha value is -3.01. The third-order valence-electron chi connectivity index (χ3n) is 4.81. The summed E-state index contributed by atoms with van der Waals surface area (Å²) in [6.07, 6.45) is 0.570. The van der Waals surface area contributed by atoms with Gasteiger partial charge in [0.1, 0.15) is 22.6 Å². The van der Waals surface area contributed by atoms with Gasteiger partial charge >= 0.3 is 0 Å². The molecule has 4 rings (SSSR count). The first-order valence-corrected chi connectivity index (χ1v) is 12.0. The normalized spacial score (nSPS) is 11.6. The van der Waals surface area contributed by atoms with Crippen molar-refractivity contribution in [1.29, 1.82) is 0 Å². The summed E-state index contributed by atoms with van der Waals surface area (Å²) in [5.41, 5.74) is 1.71. The number of aromatic amines is 1. The number of thiophene rings is 1. The predicted octanol–water partition coefficient (Wildman–Crippen LogP) is 4.24. The van der Waals surface area contributed by atoms with Gasteiger partial charge in [0.2, 0.25) is 10.0 Å². The van der Waals surface area contributed by atoms with Crippen molar-refractivity contribution in [3.05, 3.63) is 65.5 Å². The number of carbonyl (C=O) groups excluding carboxylic acids is 1. The predicted molar refractivity (Wildman–Crippen MR) is 121 cm³/mol. The van der Waals surface area contributed by atoms with E-state index in [4.69, 9.17) is 4.74 Å². The van der Waals surface area contributed by atoms with Gasteiger partial charge in [-0.3, -0.25) is 4.79 Å². The van der Waals surface area contributed by atoms with Crippen LogP contribution >= 0.6 is 11.3 Å². The Kier molecular flexibility index (Phi) is 6.17. The summed E-state index contributed by atoms with van der Waals surface area (Å²) in [6.45, 7) is 0.170. The van der Waals surface area contributed by atoms with E-state index in [0.717, 1.165) is 4.88 Å². The highest BCUT2D eigenvalue weighted by atomic mass is 32.2. The lowest BCUT2D eigenvalue weighted by Crippen LogP contribution is -2.25. The number of H-pyrrole nitrogens is 1. The number of imidazole rings is 1. The van der Waals surface area contributed by atoms with Gasteiger partial charge in [-0.1, -0.05) is 24.3 Å². The van der Waals surface area contributed by atoms with E-state index in [0.29, 0.717) is 34.6 Å². The molecule has 0 spiro atoms. The standard InChI is InChI=1S/C22H21N3O4S2/c1-29-18-12-11-16(20-21(18)25-22(24-20)19-10-6-14-30-19)17(26)9-5-13-23-31(27,28)15-7-3-2-4-8-15/h2-4,6-8,10-12,14,23H,5,9,13H2,1H3,(H,24,25). The van der Waals surface area contributed by atoms with E-state index in [1.54, 1.807) is 48.8 Å². The molecule has 0 amide bonds. The topological polar surface area (TPSA) is 101 Å². The molecule has 2 aromatic heterocycles. The van der Waals surface area contributed by atoms with Crippen LogP contribution in [0.25, 0.3) is 21.7 Å². The van der Waals surface area contributed by atoms with E-state index < -0.39 is 10.0 Å². The quantitative estimate of drug-likeness (QED) is 0.290. The molecule has 0 saturated heterocycles. The van der Waals surface area contributed by atoms with Crippen LogP contribution in [0.3, 0.4) is 0 Å². The molecule has 9 heteroatoms. The number of Topliss-reactive ketones (excluding diaryl/α,β-unsaturated/α-hetero) is 1. The van der Waals surface area contributed by atoms with Crippen LogP contribution < -0.4 is 9.46 Å². The second kappa shape index (κ2) is 9.01. The lowest BCUT2D eigenvalue weighted by Gasteiger charge is -2.07. The van der Waals surface area contributed by atoms with Crippen molar-refractivity contribution in [3.63, 3.8) is 0 Å². The highest BCUT2D eigenvalue weighted by molar-refractivity contribution is 7.89. The number of nitrogens with zero attached hydrogens (tertiary/aromatic N) is 1. The molecule has 2 N–H and O–H groups in total. The van der Waals surface area contributed by atoms with Gasteiger partial charge in [-0.25, -0.2) is 18.1 Å². The Morgan fingerprint density at radius 1 is 1.13 bits per heavy atom. The lowest BCUT2D eigenvalue weighted by atomic mass is 10.0. The Labute approximate surface area is 184 Å². The molecule has 31 heavy (non-hydrogen) atoms. The maximum absolute atomic E-state index is 12.9. The summed E-state index contributed by atoms with van der Waals surface area (Å²) in [4.78, 5) is 21.9. The first kappa shape index (κ1) is 21.2. The Morgan fingerprint density at radius 3 is 2.65 bits per heavy atom. The third kappa shape index (κ3) is 4.53. The van der Waals surface area contributed by atoms with Gasteiger partial charge in [-0.2, -0.15) is 0 Å². The van der Waals surface area contributed by atoms with E-state index in [1.807, 2.05) is 17.5 Å². The molecular weight excluding hydrogens is 434 g/mol. The highest BCUT2D eigenvalue weighted by Gasteiger charge is 2.19. The number of hydrogen-bond donors (Lipinski definition) is 2. The maximum Gasteiger partial charge on any atom is 0.240 e. The molecule has 0 saturated carbocycles. The van der Waals surface area contributed by atoms with Crippen LogP contribution in [0.15, 0.2) is 64.9 Å². The molecule has 160 valence electrons. The molecule has 7 nitrogen and oxygen atoms in total. The average molecular weight is 456 g/mol. The minimum Gasteiger partial charge on any atom is -0.494 e. The summed E-state index contributed by atoms with van der Waals surface area (Å²) in [7, 11) is -2.01. The summed E-state index contributed by atoms with van der Waals surface area (Å²) >= 11 is 1.55. The van der Waals surface area contributed by atoms with Gasteiger partial charge in [0.15, 0.2) is 5.78 Å². The number of hydrogen-bond acceptors (Lipinski definition) is 6. The van der Waals surface area contributed by atoms with E-state index in [-0.39, 0.29) is 23.6 Å². The second-order valence-corrected chi connectivity index (χ2v) is 9.55. The van der Waals surface area contributed by atoms with Crippen molar-refractivity contribution in [2.24, 2.45) is 0 Å². The Morgan fingerprint density at radius 2 is 1.94 bits per heavy atom. The fourth-order valence-corrected chi connectivity index (χ4v) is 5.03. The maximum atomic E-state index is 12.9. The molecule has 2 aromatic carbocycles. The van der Waals surface area contributed by atoms with E-state index in [1.165, 1.54) is 12.1 Å². The molecule has 0 unspecified atom stereocenters. The number of aromatic nitrogens is 2. The van der Waals surface area contributed by atoms with Crippen LogP contribution in [0.5, 0.6) is 5.75 Å². The van der Waals surface area contributed by atoms with Crippen LogP contribution in [0.1, 0.15) is 23.2 Å². The van der Waals surface area contributed by atoms with E-state index >= 15 is 0 Å². The van der Waals surface area contributed by atoms with E-state index in [9.17, 15) is 13.2 Å². The molecule has 0 fully saturated rings. The molecule has 4 aromatic rings. The van der Waals surface area contributed by atoms with Gasteiger partial charge in [-0.05, 0) is 42.1 Å². The monoisotopic (exact) mass is 455 g/mol. The molecular formula is C22H21N3O4S2. The second-order valence-electron chi connectivity index (χ2n) is 6.84. The minimum atomic E-state index is -3.58. The highest BCUT2D eigenvalue weighted by Crippen LogP contribution is 2.32. The number of benzene rings is 2. The Bertz CT molecular complexity index is 1300. The SMILES string of the molecule is COc1ccc(C(=O)CCCNS(=O)(=O)c2ccccc2)c2nc(-c3cccs3)[nH]c12. The van der Waals surface area contributed by atoms with Crippen molar-refractivity contribution < 1.29 is 17.9 Å². The first-order valence-electron chi connectivity index (χ1n) is 9.68. The smallest absolute Gasteiger partial charge is 0.240 e. The van der Waals surface area contributed by atoms with Gasteiger partial charge in [0.05, 0.1) is 16.9 Å². The average Bonchev–Trinajstić information content (AvgIpc) is 3.46. The number of ether oxygens (including phenoxy) is 1. The van der Waals surface area contributed by atoms with Gasteiger partial charge in [0, 0.05) is 18.5 Å². The molecule has 0 bridgehead atoms. The van der Waals surface area contributed by atoms with E-state index in [2.05, 4.69) is 14.7 Å². The number of rotatable bonds is 9. The van der Waals surface area contributed by atoms with Crippen LogP contribution in [-0.2, 0) is 10.0 Å². The zero-order valence-corrected chi connectivity index (χ0v) is 18.4. The van der Waals surface area contributed by atoms with Crippen LogP contribution in [0, 0.1) is 0 Å². The fraction of sp³-hybridized carbons (Fsp3) is 0.182. The minimum absolute atomic E-state index is 0.101. The number of sulfonamides is 1.